The van der Waals surface area contributed by atoms with Crippen molar-refractivity contribution < 1.29 is 18.8 Å². The van der Waals surface area contributed by atoms with Crippen molar-refractivity contribution in [1.29, 1.82) is 0 Å². The number of nitrogen functional groups attached to an aromatic ring is 1. The van der Waals surface area contributed by atoms with E-state index in [1.54, 1.807) is 0 Å². The van der Waals surface area contributed by atoms with Gasteiger partial charge in [0.1, 0.15) is 18.5 Å². The molecular weight excluding hydrogens is 229 g/mol. The molecule has 1 aliphatic rings. The lowest BCUT2D eigenvalue weighted by molar-refractivity contribution is -0.125. The Kier molecular flexibility index (Phi) is 2.92. The van der Waals surface area contributed by atoms with Crippen LogP contribution in [0, 0.1) is 5.82 Å². The summed E-state index contributed by atoms with van der Waals surface area (Å²) >= 11 is 0. The van der Waals surface area contributed by atoms with E-state index in [0.29, 0.717) is 0 Å². The van der Waals surface area contributed by atoms with Gasteiger partial charge in [0.2, 0.25) is 0 Å². The highest BCUT2D eigenvalue weighted by molar-refractivity contribution is 6.01. The number of nitrogens with two attached hydrogens (primary N) is 1. The Balaban J connectivity index is 2.14. The Morgan fingerprint density at radius 3 is 3.00 bits per heavy atom. The molecule has 7 heteroatoms. The van der Waals surface area contributed by atoms with Crippen molar-refractivity contribution in [2.75, 3.05) is 12.3 Å². The third-order valence-corrected chi connectivity index (χ3v) is 2.30. The van der Waals surface area contributed by atoms with E-state index in [1.165, 1.54) is 6.07 Å². The van der Waals surface area contributed by atoms with E-state index in [0.717, 1.165) is 12.1 Å². The predicted molar refractivity (Wildman–Crippen MR) is 56.2 cm³/mol. The van der Waals surface area contributed by atoms with Crippen LogP contribution < -0.4 is 16.5 Å². The lowest BCUT2D eigenvalue weighted by Gasteiger charge is -2.10. The number of halogens is 1. The molecule has 1 saturated heterocycles. The quantitative estimate of drug-likeness (QED) is 0.610. The van der Waals surface area contributed by atoms with Crippen molar-refractivity contribution in [2.45, 2.75) is 6.04 Å². The van der Waals surface area contributed by atoms with Crippen LogP contribution >= 0.6 is 0 Å². The highest BCUT2D eigenvalue weighted by Crippen LogP contribution is 2.13. The average molecular weight is 239 g/mol. The fourth-order valence-corrected chi connectivity index (χ4v) is 1.41. The second-order valence-corrected chi connectivity index (χ2v) is 3.53. The van der Waals surface area contributed by atoms with Gasteiger partial charge < -0.3 is 11.1 Å². The molecule has 0 radical (unpaired) electrons. The Hall–Kier alpha value is -2.15. The Labute approximate surface area is 95.9 Å². The summed E-state index contributed by atoms with van der Waals surface area (Å²) < 4.78 is 13.0. The molecule has 1 aliphatic heterocycles. The summed E-state index contributed by atoms with van der Waals surface area (Å²) in [7, 11) is 0. The number of rotatable bonds is 2. The summed E-state index contributed by atoms with van der Waals surface area (Å²) in [4.78, 5) is 27.5. The first-order valence-electron chi connectivity index (χ1n) is 4.85. The molecule has 1 aromatic rings. The van der Waals surface area contributed by atoms with Crippen molar-refractivity contribution in [2.24, 2.45) is 0 Å². The highest BCUT2D eigenvalue weighted by atomic mass is 19.1. The largest absolute Gasteiger partial charge is 0.398 e. The van der Waals surface area contributed by atoms with Gasteiger partial charge in [-0.05, 0) is 18.2 Å². The molecular formula is C10H10FN3O3. The minimum atomic E-state index is -0.787. The second kappa shape index (κ2) is 4.38. The third-order valence-electron chi connectivity index (χ3n) is 2.30. The van der Waals surface area contributed by atoms with Crippen molar-refractivity contribution in [3.63, 3.8) is 0 Å². The van der Waals surface area contributed by atoms with E-state index < -0.39 is 23.7 Å². The van der Waals surface area contributed by atoms with Crippen LogP contribution in [0.1, 0.15) is 10.4 Å². The van der Waals surface area contributed by atoms with Gasteiger partial charge in [-0.2, -0.15) is 0 Å². The fourth-order valence-electron chi connectivity index (χ4n) is 1.41. The van der Waals surface area contributed by atoms with Crippen LogP contribution in [0.2, 0.25) is 0 Å². The average Bonchev–Trinajstić information content (AvgIpc) is 2.68. The summed E-state index contributed by atoms with van der Waals surface area (Å²) in [6.07, 6.45) is 0. The molecule has 0 saturated carbocycles. The molecule has 1 heterocycles. The minimum absolute atomic E-state index is 0.00954. The number of hydrogen-bond acceptors (Lipinski definition) is 4. The maximum absolute atomic E-state index is 13.0. The van der Waals surface area contributed by atoms with E-state index in [4.69, 9.17) is 5.73 Å². The van der Waals surface area contributed by atoms with Gasteiger partial charge >= 0.3 is 0 Å². The van der Waals surface area contributed by atoms with Crippen LogP contribution in [0.5, 0.6) is 0 Å². The van der Waals surface area contributed by atoms with E-state index in [2.05, 4.69) is 15.6 Å². The van der Waals surface area contributed by atoms with E-state index in [9.17, 15) is 14.0 Å². The number of benzene rings is 1. The number of carbonyl (C=O) groups is 2. The first kappa shape index (κ1) is 11.3. The van der Waals surface area contributed by atoms with Crippen molar-refractivity contribution in [3.05, 3.63) is 29.6 Å². The van der Waals surface area contributed by atoms with Crippen molar-refractivity contribution in [1.82, 2.24) is 10.8 Å². The second-order valence-electron chi connectivity index (χ2n) is 3.53. The number of hydrogen-bond donors (Lipinski definition) is 3. The van der Waals surface area contributed by atoms with Crippen molar-refractivity contribution in [3.8, 4) is 0 Å². The molecule has 1 atom stereocenters. The zero-order valence-corrected chi connectivity index (χ0v) is 8.70. The van der Waals surface area contributed by atoms with Crippen LogP contribution in [-0.2, 0) is 9.63 Å². The van der Waals surface area contributed by atoms with Gasteiger partial charge in [-0.3, -0.25) is 14.4 Å². The van der Waals surface area contributed by atoms with Gasteiger partial charge in [0.25, 0.3) is 11.8 Å². The van der Waals surface area contributed by atoms with Crippen molar-refractivity contribution >= 4 is 17.5 Å². The maximum atomic E-state index is 13.0. The molecule has 2 amide bonds. The summed E-state index contributed by atoms with van der Waals surface area (Å²) in [5.41, 5.74) is 7.77. The molecule has 1 aromatic carbocycles. The molecule has 0 aliphatic carbocycles. The SMILES string of the molecule is Nc1ccc(F)cc1C(=O)N[C@@H]1CONC1=O. The van der Waals surface area contributed by atoms with E-state index in [-0.39, 0.29) is 17.9 Å². The zero-order chi connectivity index (χ0) is 12.4. The van der Waals surface area contributed by atoms with E-state index in [1.807, 2.05) is 0 Å². The molecule has 4 N–H and O–H groups in total. The first-order valence-corrected chi connectivity index (χ1v) is 4.85. The topological polar surface area (TPSA) is 93.5 Å². The summed E-state index contributed by atoms with van der Waals surface area (Å²) in [6.45, 7) is 0.0276. The van der Waals surface area contributed by atoms with Gasteiger partial charge in [-0.15, -0.1) is 0 Å². The van der Waals surface area contributed by atoms with E-state index >= 15 is 0 Å². The number of amides is 2. The smallest absolute Gasteiger partial charge is 0.268 e. The minimum Gasteiger partial charge on any atom is -0.398 e. The number of nitrogens with one attached hydrogen (secondary N) is 2. The summed E-state index contributed by atoms with van der Waals surface area (Å²) in [6, 6.07) is 2.66. The maximum Gasteiger partial charge on any atom is 0.268 e. The zero-order valence-electron chi connectivity index (χ0n) is 8.70. The summed E-state index contributed by atoms with van der Waals surface area (Å²) in [5, 5.41) is 2.39. The van der Waals surface area contributed by atoms with Gasteiger partial charge in [0.05, 0.1) is 5.56 Å². The fraction of sp³-hybridized carbons (Fsp3) is 0.200. The molecule has 2 rings (SSSR count). The van der Waals surface area contributed by atoms with Crippen LogP contribution in [-0.4, -0.2) is 24.5 Å². The monoisotopic (exact) mass is 239 g/mol. The van der Waals surface area contributed by atoms with Gasteiger partial charge in [0.15, 0.2) is 0 Å². The molecule has 0 spiro atoms. The van der Waals surface area contributed by atoms with Crippen LogP contribution in [0.25, 0.3) is 0 Å². The molecule has 1 fully saturated rings. The molecule has 6 nitrogen and oxygen atoms in total. The van der Waals surface area contributed by atoms with Crippen LogP contribution in [0.3, 0.4) is 0 Å². The number of carbonyl (C=O) groups excluding carboxylic acids is 2. The molecule has 90 valence electrons. The Bertz CT molecular complexity index is 478. The molecule has 0 aromatic heterocycles. The standard InChI is InChI=1S/C10H10FN3O3/c11-5-1-2-7(12)6(3-5)9(15)13-8-4-17-14-10(8)16/h1-3,8H,4,12H2,(H,13,15)(H,14,16)/t8-/m1/s1. The predicted octanol–water partition coefficient (Wildman–Crippen LogP) is -0.432. The molecule has 0 bridgehead atoms. The van der Waals surface area contributed by atoms with Crippen LogP contribution in [0.15, 0.2) is 18.2 Å². The normalized spacial score (nSPS) is 18.9. The number of hydroxylamine groups is 1. The van der Waals surface area contributed by atoms with Gasteiger partial charge in [0, 0.05) is 5.69 Å². The van der Waals surface area contributed by atoms with Crippen LogP contribution in [0.4, 0.5) is 10.1 Å². The number of anilines is 1. The third kappa shape index (κ3) is 2.34. The Morgan fingerprint density at radius 1 is 1.59 bits per heavy atom. The molecule has 17 heavy (non-hydrogen) atoms. The Morgan fingerprint density at radius 2 is 2.35 bits per heavy atom. The molecule has 0 unspecified atom stereocenters. The van der Waals surface area contributed by atoms with Gasteiger partial charge in [-0.1, -0.05) is 0 Å². The first-order chi connectivity index (χ1) is 8.08. The lowest BCUT2D eigenvalue weighted by atomic mass is 10.1. The van der Waals surface area contributed by atoms with Gasteiger partial charge in [-0.25, -0.2) is 9.87 Å². The lowest BCUT2D eigenvalue weighted by Crippen LogP contribution is -2.41. The highest BCUT2D eigenvalue weighted by Gasteiger charge is 2.27. The summed E-state index contributed by atoms with van der Waals surface area (Å²) in [5.74, 6) is -1.64.